The fourth-order valence-electron chi connectivity index (χ4n) is 7.34. The smallest absolute Gasteiger partial charge is 0.262 e. The van der Waals surface area contributed by atoms with Crippen LogP contribution < -0.4 is 25.6 Å². The number of nitrogens with zero attached hydrogens (tertiary/aromatic N) is 6. The molecule has 14 heteroatoms. The van der Waals surface area contributed by atoms with Gasteiger partial charge < -0.3 is 20.3 Å². The Morgan fingerprint density at radius 2 is 1.69 bits per heavy atom. The number of piperazine rings is 1. The van der Waals surface area contributed by atoms with E-state index in [1.54, 1.807) is 30.1 Å². The number of methoxy groups -OCH3 is 1. The number of fused-ring (bicyclic) bond motifs is 1. The molecule has 1 atom stereocenters. The van der Waals surface area contributed by atoms with Gasteiger partial charge in [-0.15, -0.1) is 0 Å². The fraction of sp³-hybridized carbons (Fsp3) is 0.441. The SMILES string of the molecule is COc1cc(N2CCC(F)(CN3CCN(c4ccc5c(c4)C(=O)N(C4CCC(=O)NC4=O)C5=O)CC3)CC2)c(-c2cnn(C)c2)cc1N. The molecule has 13 nitrogen and oxygen atoms in total. The summed E-state index contributed by atoms with van der Waals surface area (Å²) in [5.74, 6) is -1.51. The minimum Gasteiger partial charge on any atom is -0.495 e. The van der Waals surface area contributed by atoms with Crippen LogP contribution in [0.15, 0.2) is 42.7 Å². The largest absolute Gasteiger partial charge is 0.495 e. The second-order valence-corrected chi connectivity index (χ2v) is 13.1. The summed E-state index contributed by atoms with van der Waals surface area (Å²) in [6.45, 7) is 4.03. The van der Waals surface area contributed by atoms with Crippen LogP contribution in [0.25, 0.3) is 11.1 Å². The molecule has 4 aliphatic rings. The number of anilines is 3. The molecule has 252 valence electrons. The number of carbonyl (C=O) groups excluding carboxylic acids is 4. The number of halogens is 1. The summed E-state index contributed by atoms with van der Waals surface area (Å²) >= 11 is 0. The molecule has 5 heterocycles. The number of rotatable bonds is 7. The highest BCUT2D eigenvalue weighted by Crippen LogP contribution is 2.41. The molecule has 3 N–H and O–H groups in total. The van der Waals surface area contributed by atoms with Gasteiger partial charge >= 0.3 is 0 Å². The van der Waals surface area contributed by atoms with Crippen molar-refractivity contribution < 1.29 is 28.3 Å². The van der Waals surface area contributed by atoms with E-state index < -0.39 is 35.3 Å². The van der Waals surface area contributed by atoms with Crippen molar-refractivity contribution in [2.24, 2.45) is 7.05 Å². The lowest BCUT2D eigenvalue weighted by Gasteiger charge is -2.43. The van der Waals surface area contributed by atoms with Gasteiger partial charge in [-0.25, -0.2) is 4.39 Å². The zero-order chi connectivity index (χ0) is 33.7. The van der Waals surface area contributed by atoms with Gasteiger partial charge in [0.1, 0.15) is 17.5 Å². The maximum Gasteiger partial charge on any atom is 0.262 e. The molecule has 2 aromatic carbocycles. The van der Waals surface area contributed by atoms with E-state index in [4.69, 9.17) is 10.5 Å². The predicted molar refractivity (Wildman–Crippen MR) is 177 cm³/mol. The Balaban J connectivity index is 0.969. The van der Waals surface area contributed by atoms with Crippen LogP contribution >= 0.6 is 0 Å². The van der Waals surface area contributed by atoms with Crippen LogP contribution in [0.5, 0.6) is 5.75 Å². The number of alkyl halides is 1. The lowest BCUT2D eigenvalue weighted by Crippen LogP contribution is -2.54. The minimum absolute atomic E-state index is 0.0721. The summed E-state index contributed by atoms with van der Waals surface area (Å²) in [7, 11) is 3.45. The number of aryl methyl sites for hydroxylation is 1. The summed E-state index contributed by atoms with van der Waals surface area (Å²) in [4.78, 5) is 57.8. The Morgan fingerprint density at radius 3 is 2.35 bits per heavy atom. The van der Waals surface area contributed by atoms with E-state index in [-0.39, 0.29) is 24.0 Å². The predicted octanol–water partition coefficient (Wildman–Crippen LogP) is 2.21. The number of imide groups is 2. The standard InChI is InChI=1S/C34H39FN8O5/c1-39-19-21(18-37-39)24-16-26(36)29(48-2)17-28(24)42-9-7-34(35,8-10-42)20-40-11-13-41(14-12-40)22-3-4-23-25(15-22)33(47)43(32(23)46)27-5-6-30(44)38-31(27)45/h3-4,15-19,27H,5-14,20,36H2,1-2H3,(H,38,44,45). The third-order valence-corrected chi connectivity index (χ3v) is 10.0. The molecule has 0 bridgehead atoms. The quantitative estimate of drug-likeness (QED) is 0.286. The molecule has 3 aromatic rings. The van der Waals surface area contributed by atoms with Gasteiger partial charge in [0.2, 0.25) is 11.8 Å². The molecule has 3 fully saturated rings. The number of nitrogen functional groups attached to an aromatic ring is 1. The molecule has 0 radical (unpaired) electrons. The van der Waals surface area contributed by atoms with E-state index in [0.717, 1.165) is 27.4 Å². The highest BCUT2D eigenvalue weighted by molar-refractivity contribution is 6.23. The van der Waals surface area contributed by atoms with Crippen LogP contribution in [0, 0.1) is 0 Å². The lowest BCUT2D eigenvalue weighted by molar-refractivity contribution is -0.136. The first-order valence-corrected chi connectivity index (χ1v) is 16.3. The maximum atomic E-state index is 16.3. The molecule has 7 rings (SSSR count). The molecule has 1 aromatic heterocycles. The van der Waals surface area contributed by atoms with Crippen molar-refractivity contribution in [3.05, 3.63) is 53.9 Å². The number of ether oxygens (including phenoxy) is 1. The first-order valence-electron chi connectivity index (χ1n) is 16.3. The average molecular weight is 659 g/mol. The molecule has 0 spiro atoms. The summed E-state index contributed by atoms with van der Waals surface area (Å²) in [6, 6.07) is 7.97. The van der Waals surface area contributed by atoms with Crippen molar-refractivity contribution in [3.8, 4) is 16.9 Å². The molecule has 1 unspecified atom stereocenters. The van der Waals surface area contributed by atoms with Gasteiger partial charge in [-0.05, 0) is 30.7 Å². The summed E-state index contributed by atoms with van der Waals surface area (Å²) in [5.41, 5.74) is 9.57. The summed E-state index contributed by atoms with van der Waals surface area (Å²) < 4.78 is 23.6. The molecular formula is C34H39FN8O5. The fourth-order valence-corrected chi connectivity index (χ4v) is 7.34. The highest BCUT2D eigenvalue weighted by Gasteiger charge is 2.45. The van der Waals surface area contributed by atoms with Crippen molar-refractivity contribution >= 4 is 40.7 Å². The normalized spacial score (nSPS) is 21.5. The number of aromatic nitrogens is 2. The van der Waals surface area contributed by atoms with Crippen LogP contribution in [0.2, 0.25) is 0 Å². The van der Waals surface area contributed by atoms with Crippen molar-refractivity contribution in [2.75, 3.05) is 68.5 Å². The molecule has 3 saturated heterocycles. The van der Waals surface area contributed by atoms with Crippen molar-refractivity contribution in [1.82, 2.24) is 24.9 Å². The van der Waals surface area contributed by atoms with Crippen LogP contribution in [-0.2, 0) is 16.6 Å². The summed E-state index contributed by atoms with van der Waals surface area (Å²) in [6.07, 6.45) is 4.69. The second kappa shape index (κ2) is 12.2. The first kappa shape index (κ1) is 31.6. The average Bonchev–Trinajstić information content (AvgIpc) is 3.61. The van der Waals surface area contributed by atoms with Gasteiger partial charge in [0.15, 0.2) is 0 Å². The molecule has 0 saturated carbocycles. The minimum atomic E-state index is -1.33. The number of amides is 4. The highest BCUT2D eigenvalue weighted by atomic mass is 19.1. The van der Waals surface area contributed by atoms with Crippen LogP contribution in [0.1, 0.15) is 46.4 Å². The third-order valence-electron chi connectivity index (χ3n) is 10.0. The number of hydrogen-bond donors (Lipinski definition) is 2. The monoisotopic (exact) mass is 658 g/mol. The number of nitrogens with one attached hydrogen (secondary N) is 1. The van der Waals surface area contributed by atoms with Crippen molar-refractivity contribution in [1.29, 1.82) is 0 Å². The van der Waals surface area contributed by atoms with Crippen LogP contribution in [0.3, 0.4) is 0 Å². The van der Waals surface area contributed by atoms with E-state index in [9.17, 15) is 19.2 Å². The molecule has 4 amide bonds. The number of piperidine rings is 2. The Morgan fingerprint density at radius 1 is 0.958 bits per heavy atom. The number of nitrogens with two attached hydrogens (primary N) is 1. The zero-order valence-corrected chi connectivity index (χ0v) is 27.1. The summed E-state index contributed by atoms with van der Waals surface area (Å²) in [5, 5.41) is 6.54. The Labute approximate surface area is 277 Å². The van der Waals surface area contributed by atoms with E-state index in [1.807, 2.05) is 31.4 Å². The van der Waals surface area contributed by atoms with E-state index in [2.05, 4.69) is 25.1 Å². The van der Waals surface area contributed by atoms with Crippen LogP contribution in [0.4, 0.5) is 21.5 Å². The van der Waals surface area contributed by atoms with Gasteiger partial charge in [-0.1, -0.05) is 0 Å². The molecular weight excluding hydrogens is 619 g/mol. The maximum absolute atomic E-state index is 16.3. The van der Waals surface area contributed by atoms with Gasteiger partial charge in [0, 0.05) is 107 Å². The van der Waals surface area contributed by atoms with Crippen molar-refractivity contribution in [3.63, 3.8) is 0 Å². The van der Waals surface area contributed by atoms with Gasteiger partial charge in [0.25, 0.3) is 11.8 Å². The van der Waals surface area contributed by atoms with Crippen LogP contribution in [-0.4, -0.2) is 108 Å². The third kappa shape index (κ3) is 5.74. The molecule has 0 aliphatic carbocycles. The number of benzene rings is 2. The number of carbonyl (C=O) groups is 4. The topological polar surface area (TPSA) is 146 Å². The van der Waals surface area contributed by atoms with E-state index in [0.29, 0.717) is 70.1 Å². The lowest BCUT2D eigenvalue weighted by atomic mass is 9.91. The Hall–Kier alpha value is -4.98. The molecule has 48 heavy (non-hydrogen) atoms. The van der Waals surface area contributed by atoms with E-state index >= 15 is 4.39 Å². The zero-order valence-electron chi connectivity index (χ0n) is 27.1. The van der Waals surface area contributed by atoms with Gasteiger partial charge in [0.05, 0.1) is 30.1 Å². The van der Waals surface area contributed by atoms with Gasteiger partial charge in [-0.2, -0.15) is 5.10 Å². The number of hydrogen-bond acceptors (Lipinski definition) is 10. The molecule has 4 aliphatic heterocycles. The second-order valence-electron chi connectivity index (χ2n) is 13.1. The van der Waals surface area contributed by atoms with E-state index in [1.165, 1.54) is 0 Å². The van der Waals surface area contributed by atoms with Crippen molar-refractivity contribution in [2.45, 2.75) is 37.4 Å². The first-order chi connectivity index (χ1) is 23.0. The Bertz CT molecular complexity index is 1790. The van der Waals surface area contributed by atoms with Gasteiger partial charge in [-0.3, -0.25) is 39.0 Å². The Kier molecular flexibility index (Phi) is 8.06.